The highest BCUT2D eigenvalue weighted by molar-refractivity contribution is 5.98. The molecule has 5 rings (SSSR count). The van der Waals surface area contributed by atoms with Crippen LogP contribution in [-0.2, 0) is 22.5 Å². The second-order valence-corrected chi connectivity index (χ2v) is 8.62. The van der Waals surface area contributed by atoms with E-state index in [0.717, 1.165) is 41.9 Å². The Morgan fingerprint density at radius 2 is 1.95 bits per heavy atom. The Balaban J connectivity index is 0.00000156. The SMILES string of the molecule is CC.COC(=O)C(O)c1c(C)nc2c(ccn2Cc2ccc(F)c(F)c2)c1-c1ccc2c(c1)CCCO2. The Morgan fingerprint density at radius 3 is 2.68 bits per heavy atom. The van der Waals surface area contributed by atoms with Crippen LogP contribution in [0.4, 0.5) is 8.78 Å². The van der Waals surface area contributed by atoms with Crippen LogP contribution in [0, 0.1) is 18.6 Å². The molecule has 3 heterocycles. The van der Waals surface area contributed by atoms with Crippen molar-refractivity contribution >= 4 is 17.0 Å². The average molecular weight is 509 g/mol. The number of hydrogen-bond donors (Lipinski definition) is 1. The van der Waals surface area contributed by atoms with Crippen molar-refractivity contribution in [3.63, 3.8) is 0 Å². The molecule has 4 aromatic rings. The molecule has 0 bridgehead atoms. The molecule has 1 N–H and O–H groups in total. The molecule has 0 amide bonds. The molecule has 1 aliphatic heterocycles. The first-order valence-electron chi connectivity index (χ1n) is 12.3. The number of nitrogens with zero attached hydrogens (tertiary/aromatic N) is 2. The van der Waals surface area contributed by atoms with Crippen LogP contribution in [0.25, 0.3) is 22.2 Å². The number of aliphatic hydroxyl groups excluding tert-OH is 1. The van der Waals surface area contributed by atoms with Gasteiger partial charge in [-0.1, -0.05) is 26.0 Å². The number of benzene rings is 2. The maximum atomic E-state index is 13.8. The lowest BCUT2D eigenvalue weighted by molar-refractivity contribution is -0.150. The summed E-state index contributed by atoms with van der Waals surface area (Å²) in [6.07, 6.45) is 2.05. The van der Waals surface area contributed by atoms with Crippen LogP contribution in [-0.4, -0.2) is 34.3 Å². The van der Waals surface area contributed by atoms with Crippen LogP contribution in [0.5, 0.6) is 5.75 Å². The summed E-state index contributed by atoms with van der Waals surface area (Å²) in [6, 6.07) is 11.4. The second-order valence-electron chi connectivity index (χ2n) is 8.62. The van der Waals surface area contributed by atoms with Gasteiger partial charge in [-0.2, -0.15) is 0 Å². The fraction of sp³-hybridized carbons (Fsp3) is 0.310. The first kappa shape index (κ1) is 26.3. The van der Waals surface area contributed by atoms with E-state index in [1.807, 2.05) is 42.7 Å². The van der Waals surface area contributed by atoms with Gasteiger partial charge >= 0.3 is 5.97 Å². The summed E-state index contributed by atoms with van der Waals surface area (Å²) in [5.41, 5.74) is 4.53. The minimum absolute atomic E-state index is 0.267. The maximum absolute atomic E-state index is 13.8. The molecule has 2 aromatic heterocycles. The van der Waals surface area contributed by atoms with E-state index in [1.165, 1.54) is 13.2 Å². The summed E-state index contributed by atoms with van der Waals surface area (Å²) in [6.45, 7) is 6.66. The van der Waals surface area contributed by atoms with Crippen LogP contribution in [0.1, 0.15) is 48.8 Å². The summed E-state index contributed by atoms with van der Waals surface area (Å²) in [5.74, 6) is -1.77. The molecule has 0 aliphatic carbocycles. The van der Waals surface area contributed by atoms with Crippen molar-refractivity contribution in [2.75, 3.05) is 13.7 Å². The summed E-state index contributed by atoms with van der Waals surface area (Å²) in [4.78, 5) is 17.0. The highest BCUT2D eigenvalue weighted by Crippen LogP contribution is 2.39. The lowest BCUT2D eigenvalue weighted by Gasteiger charge is -2.21. The molecule has 0 spiro atoms. The third-order valence-corrected chi connectivity index (χ3v) is 6.37. The van der Waals surface area contributed by atoms with E-state index < -0.39 is 23.7 Å². The van der Waals surface area contributed by atoms with Crippen molar-refractivity contribution < 1.29 is 28.2 Å². The van der Waals surface area contributed by atoms with E-state index in [9.17, 15) is 18.7 Å². The van der Waals surface area contributed by atoms with Crippen LogP contribution >= 0.6 is 0 Å². The van der Waals surface area contributed by atoms with Crippen molar-refractivity contribution in [3.8, 4) is 16.9 Å². The zero-order valence-corrected chi connectivity index (χ0v) is 21.3. The molecule has 0 radical (unpaired) electrons. The number of fused-ring (bicyclic) bond motifs is 2. The van der Waals surface area contributed by atoms with Gasteiger partial charge < -0.3 is 19.1 Å². The molecule has 194 valence electrons. The highest BCUT2D eigenvalue weighted by atomic mass is 19.2. The van der Waals surface area contributed by atoms with Gasteiger partial charge in [0.1, 0.15) is 11.4 Å². The van der Waals surface area contributed by atoms with Crippen molar-refractivity contribution in [2.24, 2.45) is 0 Å². The van der Waals surface area contributed by atoms with E-state index >= 15 is 0 Å². The van der Waals surface area contributed by atoms with Gasteiger partial charge in [0, 0.05) is 34.9 Å². The number of methoxy groups -OCH3 is 1. The number of rotatable bonds is 5. The number of aryl methyl sites for hydroxylation is 2. The average Bonchev–Trinajstić information content (AvgIpc) is 3.31. The number of carbonyl (C=O) groups excluding carboxylic acids is 1. The summed E-state index contributed by atoms with van der Waals surface area (Å²) < 4.78 is 39.6. The number of hydrogen-bond acceptors (Lipinski definition) is 5. The van der Waals surface area contributed by atoms with E-state index in [4.69, 9.17) is 9.47 Å². The van der Waals surface area contributed by atoms with Crippen molar-refractivity contribution in [1.82, 2.24) is 9.55 Å². The maximum Gasteiger partial charge on any atom is 0.339 e. The van der Waals surface area contributed by atoms with Gasteiger partial charge in [0.15, 0.2) is 17.7 Å². The van der Waals surface area contributed by atoms with E-state index in [-0.39, 0.29) is 6.54 Å². The minimum Gasteiger partial charge on any atom is -0.493 e. The molecule has 1 atom stereocenters. The van der Waals surface area contributed by atoms with Crippen LogP contribution in [0.2, 0.25) is 0 Å². The molecule has 6 nitrogen and oxygen atoms in total. The van der Waals surface area contributed by atoms with Gasteiger partial charge in [0.05, 0.1) is 13.7 Å². The van der Waals surface area contributed by atoms with E-state index in [0.29, 0.717) is 40.0 Å². The molecule has 0 saturated carbocycles. The predicted molar refractivity (Wildman–Crippen MR) is 138 cm³/mol. The minimum atomic E-state index is -1.52. The fourth-order valence-corrected chi connectivity index (χ4v) is 4.68. The molecule has 0 fully saturated rings. The molecule has 8 heteroatoms. The standard InChI is InChI=1S/C27H24F2N2O4.C2H6/c1-15-23(25(32)27(33)34-2)24(18-6-8-22-17(13-18)4-3-11-35-22)19-9-10-31(26(19)30-15)14-16-5-7-20(28)21(29)12-16;1-2/h5-10,12-13,25,32H,3-4,11,14H2,1-2H3;1-2H3. The van der Waals surface area contributed by atoms with Crippen molar-refractivity contribution in [1.29, 1.82) is 0 Å². The van der Waals surface area contributed by atoms with Crippen LogP contribution in [0.15, 0.2) is 48.7 Å². The Morgan fingerprint density at radius 1 is 1.16 bits per heavy atom. The van der Waals surface area contributed by atoms with Crippen molar-refractivity contribution in [2.45, 2.75) is 46.3 Å². The smallest absolute Gasteiger partial charge is 0.339 e. The largest absolute Gasteiger partial charge is 0.493 e. The third-order valence-electron chi connectivity index (χ3n) is 6.37. The third kappa shape index (κ3) is 5.06. The normalized spacial score (nSPS) is 13.3. The number of aliphatic hydroxyl groups is 1. The Kier molecular flexibility index (Phi) is 7.88. The van der Waals surface area contributed by atoms with Crippen molar-refractivity contribution in [3.05, 3.63) is 82.7 Å². The molecule has 1 unspecified atom stereocenters. The van der Waals surface area contributed by atoms with E-state index in [2.05, 4.69) is 4.98 Å². The molecule has 0 saturated heterocycles. The van der Waals surface area contributed by atoms with Gasteiger partial charge in [-0.25, -0.2) is 18.6 Å². The van der Waals surface area contributed by atoms with Crippen LogP contribution < -0.4 is 4.74 Å². The second kappa shape index (κ2) is 11.1. The number of aromatic nitrogens is 2. The number of ether oxygens (including phenoxy) is 2. The van der Waals surface area contributed by atoms with Gasteiger partial charge in [-0.15, -0.1) is 0 Å². The number of carbonyl (C=O) groups is 1. The summed E-state index contributed by atoms with van der Waals surface area (Å²) in [7, 11) is 1.22. The van der Waals surface area contributed by atoms with Gasteiger partial charge in [0.2, 0.25) is 0 Å². The fourth-order valence-electron chi connectivity index (χ4n) is 4.68. The number of esters is 1. The van der Waals surface area contributed by atoms with Gasteiger partial charge in [-0.3, -0.25) is 0 Å². The number of halogens is 2. The first-order chi connectivity index (χ1) is 17.9. The molecular weight excluding hydrogens is 478 g/mol. The molecular formula is C29H30F2N2O4. The zero-order chi connectivity index (χ0) is 26.7. The monoisotopic (exact) mass is 508 g/mol. The highest BCUT2D eigenvalue weighted by Gasteiger charge is 2.28. The van der Waals surface area contributed by atoms with Crippen LogP contribution in [0.3, 0.4) is 0 Å². The summed E-state index contributed by atoms with van der Waals surface area (Å²) >= 11 is 0. The first-order valence-corrected chi connectivity index (χ1v) is 12.3. The molecule has 1 aliphatic rings. The molecule has 2 aromatic carbocycles. The Labute approximate surface area is 214 Å². The predicted octanol–water partition coefficient (Wildman–Crippen LogP) is 5.90. The Bertz CT molecular complexity index is 1450. The van der Waals surface area contributed by atoms with Gasteiger partial charge in [0.25, 0.3) is 0 Å². The topological polar surface area (TPSA) is 73.6 Å². The quantitative estimate of drug-likeness (QED) is 0.340. The Hall–Kier alpha value is -3.78. The van der Waals surface area contributed by atoms with E-state index in [1.54, 1.807) is 13.1 Å². The zero-order valence-electron chi connectivity index (χ0n) is 21.3. The van der Waals surface area contributed by atoms with Gasteiger partial charge in [-0.05, 0) is 66.8 Å². The molecule has 37 heavy (non-hydrogen) atoms. The lowest BCUT2D eigenvalue weighted by Crippen LogP contribution is -2.17. The number of pyridine rings is 1. The lowest BCUT2D eigenvalue weighted by atomic mass is 9.91. The summed E-state index contributed by atoms with van der Waals surface area (Å²) in [5, 5.41) is 11.6.